The van der Waals surface area contributed by atoms with Crippen molar-refractivity contribution in [2.24, 2.45) is 0 Å². The monoisotopic (exact) mass is 399 g/mol. The summed E-state index contributed by atoms with van der Waals surface area (Å²) in [6, 6.07) is 9.21. The van der Waals surface area contributed by atoms with E-state index in [0.717, 1.165) is 0 Å². The summed E-state index contributed by atoms with van der Waals surface area (Å²) in [5.41, 5.74) is 0.404. The Bertz CT molecular complexity index is 1140. The molecule has 0 amide bonds. The zero-order valence-electron chi connectivity index (χ0n) is 15.1. The van der Waals surface area contributed by atoms with Crippen LogP contribution >= 0.6 is 11.6 Å². The Morgan fingerprint density at radius 1 is 1.25 bits per heavy atom. The number of nitrogens with one attached hydrogen (secondary N) is 1. The van der Waals surface area contributed by atoms with Crippen LogP contribution < -0.4 is 20.1 Å². The standard InChI is InChI=1S/C20H17ClN2O5/c1-3-28-16-7-4-11(9-17(16)27-2)8-14(21)18-22-15-10-12(20(25)26)5-6-13(15)19(24)23-18/h4-10H,3H2,1-2H3,(H,25,26)(H,22,23,24)/p-1/b14-8-. The number of aromatic carboxylic acids is 1. The first-order chi connectivity index (χ1) is 13.4. The molecule has 3 aromatic rings. The van der Waals surface area contributed by atoms with Gasteiger partial charge in [0.05, 0.1) is 35.6 Å². The lowest BCUT2D eigenvalue weighted by molar-refractivity contribution is -0.255. The molecule has 0 saturated carbocycles. The smallest absolute Gasteiger partial charge is 0.259 e. The molecule has 0 radical (unpaired) electrons. The third kappa shape index (κ3) is 3.99. The van der Waals surface area contributed by atoms with E-state index in [9.17, 15) is 14.7 Å². The molecule has 7 nitrogen and oxygen atoms in total. The van der Waals surface area contributed by atoms with Crippen LogP contribution in [0.5, 0.6) is 11.5 Å². The highest BCUT2D eigenvalue weighted by atomic mass is 35.5. The van der Waals surface area contributed by atoms with Crippen molar-refractivity contribution in [1.29, 1.82) is 0 Å². The third-order valence-corrected chi connectivity index (χ3v) is 4.24. The highest BCUT2D eigenvalue weighted by Crippen LogP contribution is 2.30. The summed E-state index contributed by atoms with van der Waals surface area (Å²) >= 11 is 6.34. The maximum atomic E-state index is 12.3. The van der Waals surface area contributed by atoms with Gasteiger partial charge in [0.1, 0.15) is 0 Å². The number of H-pyrrole nitrogens is 1. The molecule has 1 N–H and O–H groups in total. The SMILES string of the molecule is CCOc1ccc(/C=C(\Cl)c2nc3cc(C(=O)[O-])ccc3c(=O)[nH]2)cc1OC. The van der Waals surface area contributed by atoms with Crippen molar-refractivity contribution in [2.45, 2.75) is 6.92 Å². The molecular formula is C20H16ClN2O5-. The first kappa shape index (κ1) is 19.4. The average molecular weight is 400 g/mol. The molecule has 3 rings (SSSR count). The predicted molar refractivity (Wildman–Crippen MR) is 105 cm³/mol. The van der Waals surface area contributed by atoms with Crippen LogP contribution in [0.25, 0.3) is 22.0 Å². The van der Waals surface area contributed by atoms with Gasteiger partial charge in [-0.15, -0.1) is 0 Å². The molecule has 8 heteroatoms. The number of carbonyl (C=O) groups excluding carboxylic acids is 1. The minimum absolute atomic E-state index is 0.0760. The summed E-state index contributed by atoms with van der Waals surface area (Å²) < 4.78 is 10.8. The molecule has 0 bridgehead atoms. The number of hydrogen-bond acceptors (Lipinski definition) is 6. The topological polar surface area (TPSA) is 104 Å². The molecule has 0 fully saturated rings. The van der Waals surface area contributed by atoms with Crippen LogP contribution in [0.1, 0.15) is 28.7 Å². The van der Waals surface area contributed by atoms with E-state index in [1.54, 1.807) is 24.3 Å². The normalized spacial score (nSPS) is 11.5. The van der Waals surface area contributed by atoms with Gasteiger partial charge in [-0.05, 0) is 48.4 Å². The van der Waals surface area contributed by atoms with Crippen molar-refractivity contribution in [2.75, 3.05) is 13.7 Å². The summed E-state index contributed by atoms with van der Waals surface area (Å²) in [4.78, 5) is 30.2. The lowest BCUT2D eigenvalue weighted by Gasteiger charge is -2.10. The van der Waals surface area contributed by atoms with E-state index in [4.69, 9.17) is 21.1 Å². The Labute approximate surface area is 165 Å². The van der Waals surface area contributed by atoms with Gasteiger partial charge in [0.15, 0.2) is 17.3 Å². The van der Waals surface area contributed by atoms with E-state index in [2.05, 4.69) is 9.97 Å². The second-order valence-corrected chi connectivity index (χ2v) is 6.18. The number of aromatic amines is 1. The van der Waals surface area contributed by atoms with Crippen molar-refractivity contribution >= 4 is 39.6 Å². The molecule has 1 heterocycles. The summed E-state index contributed by atoms with van der Waals surface area (Å²) in [7, 11) is 1.53. The fraction of sp³-hybridized carbons (Fsp3) is 0.150. The summed E-state index contributed by atoms with van der Waals surface area (Å²) in [6.07, 6.45) is 1.60. The molecule has 0 spiro atoms. The van der Waals surface area contributed by atoms with Crippen molar-refractivity contribution in [3.05, 3.63) is 63.7 Å². The molecule has 0 saturated heterocycles. The van der Waals surface area contributed by atoms with E-state index in [-0.39, 0.29) is 27.3 Å². The van der Waals surface area contributed by atoms with Gasteiger partial charge in [-0.25, -0.2) is 4.98 Å². The van der Waals surface area contributed by atoms with Gasteiger partial charge in [-0.2, -0.15) is 0 Å². The number of halogens is 1. The van der Waals surface area contributed by atoms with Crippen LogP contribution in [-0.2, 0) is 0 Å². The van der Waals surface area contributed by atoms with Crippen LogP contribution in [0.15, 0.2) is 41.2 Å². The van der Waals surface area contributed by atoms with Gasteiger partial charge in [-0.1, -0.05) is 23.7 Å². The Morgan fingerprint density at radius 2 is 2.04 bits per heavy atom. The van der Waals surface area contributed by atoms with E-state index in [1.165, 1.54) is 25.3 Å². The maximum absolute atomic E-state index is 12.3. The summed E-state index contributed by atoms with van der Waals surface area (Å²) in [5.74, 6) is -0.0971. The van der Waals surface area contributed by atoms with E-state index >= 15 is 0 Å². The Kier molecular flexibility index (Phi) is 5.65. The van der Waals surface area contributed by atoms with E-state index in [1.807, 2.05) is 6.92 Å². The van der Waals surface area contributed by atoms with Crippen molar-refractivity contribution < 1.29 is 19.4 Å². The number of carboxylic acid groups (broad SMARTS) is 1. The van der Waals surface area contributed by atoms with Crippen molar-refractivity contribution in [3.63, 3.8) is 0 Å². The molecule has 144 valence electrons. The Balaban J connectivity index is 2.04. The molecule has 0 aliphatic rings. The minimum atomic E-state index is -1.35. The van der Waals surface area contributed by atoms with Crippen LogP contribution in [-0.4, -0.2) is 29.7 Å². The lowest BCUT2D eigenvalue weighted by Crippen LogP contribution is -2.22. The van der Waals surface area contributed by atoms with E-state index in [0.29, 0.717) is 23.7 Å². The maximum Gasteiger partial charge on any atom is 0.259 e. The second kappa shape index (κ2) is 8.14. The largest absolute Gasteiger partial charge is 0.545 e. The van der Waals surface area contributed by atoms with Crippen LogP contribution in [0.2, 0.25) is 0 Å². The summed E-state index contributed by atoms with van der Waals surface area (Å²) in [5, 5.41) is 11.5. The number of carbonyl (C=O) groups is 1. The number of aromatic nitrogens is 2. The number of carboxylic acids is 1. The van der Waals surface area contributed by atoms with E-state index < -0.39 is 11.5 Å². The molecule has 0 atom stereocenters. The number of hydrogen-bond donors (Lipinski definition) is 1. The zero-order chi connectivity index (χ0) is 20.3. The molecule has 0 aliphatic heterocycles. The van der Waals surface area contributed by atoms with Crippen LogP contribution in [0, 0.1) is 0 Å². The van der Waals surface area contributed by atoms with Gasteiger partial charge in [0.25, 0.3) is 5.56 Å². The van der Waals surface area contributed by atoms with Gasteiger partial charge < -0.3 is 24.4 Å². The highest BCUT2D eigenvalue weighted by molar-refractivity contribution is 6.50. The number of nitrogens with zero attached hydrogens (tertiary/aromatic N) is 1. The first-order valence-corrected chi connectivity index (χ1v) is 8.74. The van der Waals surface area contributed by atoms with Crippen molar-refractivity contribution in [3.8, 4) is 11.5 Å². The molecular weight excluding hydrogens is 384 g/mol. The minimum Gasteiger partial charge on any atom is -0.545 e. The van der Waals surface area contributed by atoms with Crippen molar-refractivity contribution in [1.82, 2.24) is 9.97 Å². The average Bonchev–Trinajstić information content (AvgIpc) is 2.68. The second-order valence-electron chi connectivity index (χ2n) is 5.77. The van der Waals surface area contributed by atoms with Crippen LogP contribution in [0.3, 0.4) is 0 Å². The Hall–Kier alpha value is -3.32. The molecule has 0 unspecified atom stereocenters. The first-order valence-electron chi connectivity index (χ1n) is 8.36. The quantitative estimate of drug-likeness (QED) is 0.682. The number of ether oxygens (including phenoxy) is 2. The van der Waals surface area contributed by atoms with Crippen LogP contribution in [0.4, 0.5) is 0 Å². The predicted octanol–water partition coefficient (Wildman–Crippen LogP) is 2.43. The number of rotatable bonds is 6. The molecule has 2 aromatic carbocycles. The third-order valence-electron chi connectivity index (χ3n) is 3.95. The molecule has 0 aliphatic carbocycles. The fourth-order valence-electron chi connectivity index (χ4n) is 2.64. The number of benzene rings is 2. The fourth-order valence-corrected chi connectivity index (χ4v) is 2.86. The number of fused-ring (bicyclic) bond motifs is 1. The highest BCUT2D eigenvalue weighted by Gasteiger charge is 2.10. The van der Waals surface area contributed by atoms with Gasteiger partial charge >= 0.3 is 0 Å². The zero-order valence-corrected chi connectivity index (χ0v) is 15.9. The van der Waals surface area contributed by atoms with Gasteiger partial charge in [-0.3, -0.25) is 4.79 Å². The molecule has 1 aromatic heterocycles. The Morgan fingerprint density at radius 3 is 2.71 bits per heavy atom. The number of methoxy groups -OCH3 is 1. The van der Waals surface area contributed by atoms with Gasteiger partial charge in [0, 0.05) is 0 Å². The summed E-state index contributed by atoms with van der Waals surface area (Å²) in [6.45, 7) is 2.38. The van der Waals surface area contributed by atoms with Gasteiger partial charge in [0.2, 0.25) is 0 Å². The lowest BCUT2D eigenvalue weighted by atomic mass is 10.1. The molecule has 28 heavy (non-hydrogen) atoms.